The van der Waals surface area contributed by atoms with Gasteiger partial charge in [-0.2, -0.15) is 0 Å². The number of anilines is 1. The zero-order valence-corrected chi connectivity index (χ0v) is 14.9. The Morgan fingerprint density at radius 1 is 1.28 bits per heavy atom. The van der Waals surface area contributed by atoms with Gasteiger partial charge in [-0.25, -0.2) is 14.8 Å². The van der Waals surface area contributed by atoms with Gasteiger partial charge in [0.1, 0.15) is 5.52 Å². The van der Waals surface area contributed by atoms with Gasteiger partial charge in [-0.15, -0.1) is 0 Å². The predicted octanol–water partition coefficient (Wildman–Crippen LogP) is 2.40. The number of ketones is 1. The monoisotopic (exact) mass is 357 g/mol. The first-order valence-electron chi connectivity index (χ1n) is 7.98. The number of carbonyl (C=O) groups excluding carboxylic acids is 1. The summed E-state index contributed by atoms with van der Waals surface area (Å²) in [5.74, 6) is 0.896. The number of nitrogen functional groups attached to an aromatic ring is 1. The standard InChI is InChI=1S/C17H19N5O2S/c1-3-8-25-16-20-14(18)13-15(21-16)22(17(24)19-13)9-12(23)11-6-4-10(2)5-7-11/h4-7H,3,8-9H2,1-2H3,(H,19,24)(H2,18,20,21). The van der Waals surface area contributed by atoms with E-state index in [1.807, 2.05) is 19.1 Å². The maximum atomic E-state index is 12.5. The zero-order chi connectivity index (χ0) is 18.0. The number of aryl methyl sites for hydroxylation is 1. The summed E-state index contributed by atoms with van der Waals surface area (Å²) in [5, 5.41) is 0.502. The highest BCUT2D eigenvalue weighted by atomic mass is 32.2. The fourth-order valence-corrected chi connectivity index (χ4v) is 3.11. The van der Waals surface area contributed by atoms with Crippen molar-refractivity contribution < 1.29 is 4.79 Å². The molecule has 1 aromatic carbocycles. The second-order valence-corrected chi connectivity index (χ2v) is 6.81. The Hall–Kier alpha value is -2.61. The minimum atomic E-state index is -0.422. The molecule has 7 nitrogen and oxygen atoms in total. The molecule has 3 N–H and O–H groups in total. The van der Waals surface area contributed by atoms with Crippen LogP contribution in [0, 0.1) is 6.92 Å². The summed E-state index contributed by atoms with van der Waals surface area (Å²) in [6, 6.07) is 7.24. The van der Waals surface area contributed by atoms with Gasteiger partial charge >= 0.3 is 5.69 Å². The van der Waals surface area contributed by atoms with Crippen LogP contribution >= 0.6 is 11.8 Å². The van der Waals surface area contributed by atoms with Crippen LogP contribution in [-0.2, 0) is 6.54 Å². The van der Waals surface area contributed by atoms with E-state index < -0.39 is 5.69 Å². The first kappa shape index (κ1) is 17.2. The van der Waals surface area contributed by atoms with E-state index in [2.05, 4.69) is 21.9 Å². The number of nitrogens with two attached hydrogens (primary N) is 1. The number of hydrogen-bond donors (Lipinski definition) is 2. The molecule has 3 rings (SSSR count). The number of hydrogen-bond acceptors (Lipinski definition) is 6. The molecule has 0 saturated carbocycles. The third-order valence-electron chi connectivity index (χ3n) is 3.74. The summed E-state index contributed by atoms with van der Waals surface area (Å²) in [7, 11) is 0. The number of rotatable bonds is 6. The quantitative estimate of drug-likeness (QED) is 0.398. The molecular formula is C17H19N5O2S. The third-order valence-corrected chi connectivity index (χ3v) is 4.79. The molecule has 2 aromatic heterocycles. The van der Waals surface area contributed by atoms with Crippen molar-refractivity contribution in [2.75, 3.05) is 11.5 Å². The molecule has 0 saturated heterocycles. The maximum Gasteiger partial charge on any atom is 0.328 e. The lowest BCUT2D eigenvalue weighted by atomic mass is 10.1. The Balaban J connectivity index is 1.98. The number of imidazole rings is 1. The van der Waals surface area contributed by atoms with Crippen LogP contribution in [-0.4, -0.2) is 31.1 Å². The molecule has 0 radical (unpaired) electrons. The highest BCUT2D eigenvalue weighted by molar-refractivity contribution is 7.99. The molecule has 0 unspecified atom stereocenters. The van der Waals surface area contributed by atoms with Crippen molar-refractivity contribution in [2.24, 2.45) is 0 Å². The first-order valence-corrected chi connectivity index (χ1v) is 8.97. The Bertz CT molecular complexity index is 975. The minimum absolute atomic E-state index is 0.101. The number of fused-ring (bicyclic) bond motifs is 1. The number of aromatic nitrogens is 4. The van der Waals surface area contributed by atoms with E-state index in [9.17, 15) is 9.59 Å². The van der Waals surface area contributed by atoms with Gasteiger partial charge in [0, 0.05) is 11.3 Å². The molecule has 25 heavy (non-hydrogen) atoms. The molecule has 0 amide bonds. The molecule has 0 bridgehead atoms. The van der Waals surface area contributed by atoms with Gasteiger partial charge in [-0.3, -0.25) is 9.36 Å². The average molecular weight is 357 g/mol. The van der Waals surface area contributed by atoms with Crippen LogP contribution in [0.25, 0.3) is 11.2 Å². The van der Waals surface area contributed by atoms with Gasteiger partial charge in [0.05, 0.1) is 6.54 Å². The van der Waals surface area contributed by atoms with E-state index in [0.29, 0.717) is 21.9 Å². The summed E-state index contributed by atoms with van der Waals surface area (Å²) >= 11 is 1.47. The average Bonchev–Trinajstić information content (AvgIpc) is 2.90. The lowest BCUT2D eigenvalue weighted by Gasteiger charge is -2.05. The number of H-pyrrole nitrogens is 1. The van der Waals surface area contributed by atoms with Gasteiger partial charge in [0.25, 0.3) is 0 Å². The van der Waals surface area contributed by atoms with Crippen molar-refractivity contribution in [3.63, 3.8) is 0 Å². The molecule has 130 valence electrons. The van der Waals surface area contributed by atoms with Crippen LogP contribution in [0.15, 0.2) is 34.2 Å². The molecule has 0 aliphatic heterocycles. The number of Topliss-reactive ketones (excluding diaryl/α,β-unsaturated/α-hetero) is 1. The van der Waals surface area contributed by atoms with Crippen molar-refractivity contribution in [1.29, 1.82) is 0 Å². The van der Waals surface area contributed by atoms with Gasteiger partial charge in [0.2, 0.25) is 0 Å². The molecule has 0 aliphatic rings. The van der Waals surface area contributed by atoms with Crippen LogP contribution < -0.4 is 11.4 Å². The predicted molar refractivity (Wildman–Crippen MR) is 99.1 cm³/mol. The summed E-state index contributed by atoms with van der Waals surface area (Å²) in [5.41, 5.74) is 7.85. The minimum Gasteiger partial charge on any atom is -0.382 e. The van der Waals surface area contributed by atoms with Gasteiger partial charge in [-0.1, -0.05) is 48.5 Å². The Morgan fingerprint density at radius 2 is 2.00 bits per heavy atom. The van der Waals surface area contributed by atoms with Crippen molar-refractivity contribution >= 4 is 34.5 Å². The topological polar surface area (TPSA) is 107 Å². The van der Waals surface area contributed by atoms with E-state index in [1.165, 1.54) is 16.3 Å². The second-order valence-electron chi connectivity index (χ2n) is 5.74. The number of nitrogens with zero attached hydrogens (tertiary/aromatic N) is 3. The lowest BCUT2D eigenvalue weighted by molar-refractivity contribution is 0.0972. The van der Waals surface area contributed by atoms with Gasteiger partial charge in [0.15, 0.2) is 22.4 Å². The van der Waals surface area contributed by atoms with Crippen LogP contribution in [0.5, 0.6) is 0 Å². The number of thioether (sulfide) groups is 1. The molecule has 2 heterocycles. The SMILES string of the molecule is CCCSc1nc(N)c2[nH]c(=O)n(CC(=O)c3ccc(C)cc3)c2n1. The number of benzene rings is 1. The molecule has 0 fully saturated rings. The highest BCUT2D eigenvalue weighted by Crippen LogP contribution is 2.21. The summed E-state index contributed by atoms with van der Waals surface area (Å²) in [4.78, 5) is 36.0. The Kier molecular flexibility index (Phi) is 4.89. The fraction of sp³-hybridized carbons (Fsp3) is 0.294. The Morgan fingerprint density at radius 3 is 2.68 bits per heavy atom. The van der Waals surface area contributed by atoms with Crippen molar-refractivity contribution in [3.8, 4) is 0 Å². The van der Waals surface area contributed by atoms with Crippen molar-refractivity contribution in [2.45, 2.75) is 32.0 Å². The number of nitrogens with one attached hydrogen (secondary N) is 1. The zero-order valence-electron chi connectivity index (χ0n) is 14.1. The van der Waals surface area contributed by atoms with E-state index in [-0.39, 0.29) is 18.1 Å². The van der Waals surface area contributed by atoms with E-state index in [4.69, 9.17) is 5.73 Å². The number of carbonyl (C=O) groups is 1. The van der Waals surface area contributed by atoms with Crippen LogP contribution in [0.4, 0.5) is 5.82 Å². The lowest BCUT2D eigenvalue weighted by Crippen LogP contribution is -2.22. The summed E-state index contributed by atoms with van der Waals surface area (Å²) in [6.45, 7) is 3.91. The van der Waals surface area contributed by atoms with Crippen LogP contribution in [0.2, 0.25) is 0 Å². The largest absolute Gasteiger partial charge is 0.382 e. The fourth-order valence-electron chi connectivity index (χ4n) is 2.41. The summed E-state index contributed by atoms with van der Waals surface area (Å²) in [6.07, 6.45) is 0.970. The second kappa shape index (κ2) is 7.10. The number of aromatic amines is 1. The van der Waals surface area contributed by atoms with Crippen molar-refractivity contribution in [3.05, 3.63) is 45.9 Å². The molecule has 0 spiro atoms. The van der Waals surface area contributed by atoms with Crippen LogP contribution in [0.3, 0.4) is 0 Å². The molecule has 0 aliphatic carbocycles. The van der Waals surface area contributed by atoms with Gasteiger partial charge in [-0.05, 0) is 13.3 Å². The van der Waals surface area contributed by atoms with Crippen LogP contribution in [0.1, 0.15) is 29.3 Å². The molecule has 3 aromatic rings. The molecular weight excluding hydrogens is 338 g/mol. The first-order chi connectivity index (χ1) is 12.0. The van der Waals surface area contributed by atoms with E-state index in [0.717, 1.165) is 17.7 Å². The molecule has 0 atom stereocenters. The van der Waals surface area contributed by atoms with E-state index >= 15 is 0 Å². The molecule has 8 heteroatoms. The van der Waals surface area contributed by atoms with Gasteiger partial charge < -0.3 is 10.7 Å². The third kappa shape index (κ3) is 3.58. The maximum absolute atomic E-state index is 12.5. The smallest absolute Gasteiger partial charge is 0.328 e. The van der Waals surface area contributed by atoms with Crippen molar-refractivity contribution in [1.82, 2.24) is 19.5 Å². The Labute approximate surface area is 148 Å². The normalized spacial score (nSPS) is 11.1. The summed E-state index contributed by atoms with van der Waals surface area (Å²) < 4.78 is 1.31. The van der Waals surface area contributed by atoms with E-state index in [1.54, 1.807) is 12.1 Å². The highest BCUT2D eigenvalue weighted by Gasteiger charge is 2.17.